The number of aryl methyl sites for hydroxylation is 2. The van der Waals surface area contributed by atoms with Gasteiger partial charge in [0.1, 0.15) is 5.56 Å². The van der Waals surface area contributed by atoms with E-state index in [0.717, 1.165) is 0 Å². The lowest BCUT2D eigenvalue weighted by Gasteiger charge is -2.15. The van der Waals surface area contributed by atoms with E-state index in [1.165, 1.54) is 24.2 Å². The average Bonchev–Trinajstić information content (AvgIpc) is 2.81. The molecular formula is C16H20N2O4S. The Bertz CT molecular complexity index is 895. The zero-order valence-electron chi connectivity index (χ0n) is 14.1. The molecule has 0 saturated heterocycles. The zero-order chi connectivity index (χ0) is 17.5. The van der Waals surface area contributed by atoms with Crippen molar-refractivity contribution >= 4 is 15.6 Å². The summed E-state index contributed by atoms with van der Waals surface area (Å²) in [5.41, 5.74) is 2.61. The van der Waals surface area contributed by atoms with Crippen LogP contribution < -0.4 is 4.74 Å². The van der Waals surface area contributed by atoms with Gasteiger partial charge < -0.3 is 4.74 Å². The van der Waals surface area contributed by atoms with Gasteiger partial charge in [-0.15, -0.1) is 0 Å². The van der Waals surface area contributed by atoms with E-state index < -0.39 is 9.84 Å². The highest BCUT2D eigenvalue weighted by molar-refractivity contribution is 7.90. The van der Waals surface area contributed by atoms with E-state index in [9.17, 15) is 13.2 Å². The molecule has 0 unspecified atom stereocenters. The second-order valence-corrected chi connectivity index (χ2v) is 7.57. The molecule has 2 rings (SSSR count). The van der Waals surface area contributed by atoms with Crippen molar-refractivity contribution in [3.8, 4) is 5.88 Å². The Morgan fingerprint density at radius 3 is 2.30 bits per heavy atom. The summed E-state index contributed by atoms with van der Waals surface area (Å²) in [5, 5.41) is 4.04. The Morgan fingerprint density at radius 2 is 1.78 bits per heavy atom. The predicted molar refractivity (Wildman–Crippen MR) is 87.0 cm³/mol. The number of sulfone groups is 1. The molecule has 0 aliphatic rings. The second kappa shape index (κ2) is 5.81. The molecule has 124 valence electrons. The maximum Gasteiger partial charge on any atom is 0.222 e. The standard InChI is InChI=1S/C16H20N2O4S/c1-9-7-12(10(2)11(3)15(9)23(6,20)21)14(19)13-8-17-18(4)16(13)22-5/h7-8H,1-6H3. The van der Waals surface area contributed by atoms with E-state index in [-0.39, 0.29) is 10.7 Å². The number of nitrogens with zero attached hydrogens (tertiary/aromatic N) is 2. The number of carbonyl (C=O) groups is 1. The first-order valence-electron chi connectivity index (χ1n) is 7.01. The number of benzene rings is 1. The molecule has 1 aromatic heterocycles. The van der Waals surface area contributed by atoms with Crippen LogP contribution in [0.2, 0.25) is 0 Å². The van der Waals surface area contributed by atoms with Gasteiger partial charge in [0.25, 0.3) is 0 Å². The number of aromatic nitrogens is 2. The maximum absolute atomic E-state index is 12.8. The fourth-order valence-electron chi connectivity index (χ4n) is 2.83. The molecule has 7 heteroatoms. The van der Waals surface area contributed by atoms with Crippen LogP contribution in [-0.2, 0) is 16.9 Å². The van der Waals surface area contributed by atoms with Crippen molar-refractivity contribution in [1.29, 1.82) is 0 Å². The van der Waals surface area contributed by atoms with E-state index in [1.807, 2.05) is 0 Å². The largest absolute Gasteiger partial charge is 0.481 e. The van der Waals surface area contributed by atoms with Crippen molar-refractivity contribution in [1.82, 2.24) is 9.78 Å². The molecule has 1 heterocycles. The highest BCUT2D eigenvalue weighted by Crippen LogP contribution is 2.29. The van der Waals surface area contributed by atoms with Gasteiger partial charge in [-0.2, -0.15) is 5.10 Å². The van der Waals surface area contributed by atoms with Crippen molar-refractivity contribution < 1.29 is 17.9 Å². The molecule has 0 saturated carbocycles. The SMILES string of the molecule is COc1c(C(=O)c2cc(C)c(S(C)(=O)=O)c(C)c2C)cnn1C. The van der Waals surface area contributed by atoms with Gasteiger partial charge in [-0.25, -0.2) is 13.1 Å². The van der Waals surface area contributed by atoms with Crippen molar-refractivity contribution in [2.24, 2.45) is 7.05 Å². The van der Waals surface area contributed by atoms with Crippen molar-refractivity contribution in [3.63, 3.8) is 0 Å². The summed E-state index contributed by atoms with van der Waals surface area (Å²) in [5.74, 6) is 0.135. The second-order valence-electron chi connectivity index (χ2n) is 5.61. The van der Waals surface area contributed by atoms with Crippen LogP contribution in [0, 0.1) is 20.8 Å². The fraction of sp³-hybridized carbons (Fsp3) is 0.375. The third kappa shape index (κ3) is 2.88. The Hall–Kier alpha value is -2.15. The smallest absolute Gasteiger partial charge is 0.222 e. The van der Waals surface area contributed by atoms with E-state index in [1.54, 1.807) is 33.9 Å². The first kappa shape index (κ1) is 17.2. The van der Waals surface area contributed by atoms with E-state index in [4.69, 9.17) is 4.74 Å². The van der Waals surface area contributed by atoms with Gasteiger partial charge in [0.15, 0.2) is 15.6 Å². The lowest BCUT2D eigenvalue weighted by atomic mass is 9.95. The molecule has 23 heavy (non-hydrogen) atoms. The summed E-state index contributed by atoms with van der Waals surface area (Å²) < 4.78 is 30.6. The topological polar surface area (TPSA) is 78.3 Å². The number of ether oxygens (including phenoxy) is 1. The van der Waals surface area contributed by atoms with E-state index in [0.29, 0.717) is 33.7 Å². The summed E-state index contributed by atoms with van der Waals surface area (Å²) in [4.78, 5) is 13.1. The number of hydrogen-bond acceptors (Lipinski definition) is 5. The summed E-state index contributed by atoms with van der Waals surface area (Å²) in [6.45, 7) is 5.16. The molecule has 2 aromatic rings. The Kier molecular flexibility index (Phi) is 4.34. The molecule has 0 bridgehead atoms. The van der Waals surface area contributed by atoms with Crippen molar-refractivity contribution in [2.75, 3.05) is 13.4 Å². The monoisotopic (exact) mass is 336 g/mol. The summed E-state index contributed by atoms with van der Waals surface area (Å²) in [6, 6.07) is 1.62. The molecule has 0 N–H and O–H groups in total. The number of ketones is 1. The molecule has 0 amide bonds. The third-order valence-corrected chi connectivity index (χ3v) is 5.33. The Morgan fingerprint density at radius 1 is 1.17 bits per heavy atom. The molecule has 0 atom stereocenters. The van der Waals surface area contributed by atoms with Gasteiger partial charge >= 0.3 is 0 Å². The molecule has 0 radical (unpaired) electrons. The first-order chi connectivity index (χ1) is 10.6. The lowest BCUT2D eigenvalue weighted by Crippen LogP contribution is -2.11. The molecule has 0 aliphatic carbocycles. The van der Waals surface area contributed by atoms with Crippen LogP contribution in [0.15, 0.2) is 17.2 Å². The predicted octanol–water partition coefficient (Wildman–Crippen LogP) is 1.99. The minimum Gasteiger partial charge on any atom is -0.481 e. The minimum absolute atomic E-state index is 0.237. The number of hydrogen-bond donors (Lipinski definition) is 0. The third-order valence-electron chi connectivity index (χ3n) is 3.96. The number of carbonyl (C=O) groups excluding carboxylic acids is 1. The summed E-state index contributed by atoms with van der Waals surface area (Å²) in [7, 11) is -0.193. The van der Waals surface area contributed by atoms with Crippen LogP contribution >= 0.6 is 0 Å². The van der Waals surface area contributed by atoms with Crippen molar-refractivity contribution in [3.05, 3.63) is 40.1 Å². The van der Waals surface area contributed by atoms with Crippen LogP contribution in [0.1, 0.15) is 32.6 Å². The van der Waals surface area contributed by atoms with Gasteiger partial charge in [0.05, 0.1) is 18.2 Å². The van der Waals surface area contributed by atoms with Crippen molar-refractivity contribution in [2.45, 2.75) is 25.7 Å². The number of methoxy groups -OCH3 is 1. The summed E-state index contributed by atoms with van der Waals surface area (Å²) in [6.07, 6.45) is 2.63. The minimum atomic E-state index is -3.35. The Labute approximate surface area is 136 Å². The molecule has 0 spiro atoms. The average molecular weight is 336 g/mol. The van der Waals surface area contributed by atoms with Gasteiger partial charge in [0, 0.05) is 18.9 Å². The Balaban J connectivity index is 2.68. The van der Waals surface area contributed by atoms with Gasteiger partial charge in [-0.3, -0.25) is 4.79 Å². The van der Waals surface area contributed by atoms with E-state index in [2.05, 4.69) is 5.10 Å². The highest BCUT2D eigenvalue weighted by Gasteiger charge is 2.24. The molecule has 1 aromatic carbocycles. The van der Waals surface area contributed by atoms with Crippen LogP contribution in [0.25, 0.3) is 0 Å². The quantitative estimate of drug-likeness (QED) is 0.798. The normalized spacial score (nSPS) is 11.6. The fourth-order valence-corrected chi connectivity index (χ4v) is 4.19. The number of rotatable bonds is 4. The zero-order valence-corrected chi connectivity index (χ0v) is 14.9. The molecule has 0 fully saturated rings. The molecular weight excluding hydrogens is 316 g/mol. The summed E-state index contributed by atoms with van der Waals surface area (Å²) >= 11 is 0. The van der Waals surface area contributed by atoms with Gasteiger partial charge in [0.2, 0.25) is 5.88 Å². The van der Waals surface area contributed by atoms with Crippen LogP contribution in [0.5, 0.6) is 5.88 Å². The van der Waals surface area contributed by atoms with Crippen LogP contribution in [-0.4, -0.2) is 37.3 Å². The maximum atomic E-state index is 12.8. The first-order valence-corrected chi connectivity index (χ1v) is 8.90. The van der Waals surface area contributed by atoms with E-state index >= 15 is 0 Å². The van der Waals surface area contributed by atoms with Crippen LogP contribution in [0.4, 0.5) is 0 Å². The molecule has 0 aliphatic heterocycles. The highest BCUT2D eigenvalue weighted by atomic mass is 32.2. The van der Waals surface area contributed by atoms with Gasteiger partial charge in [-0.05, 0) is 43.5 Å². The molecule has 6 nitrogen and oxygen atoms in total. The van der Waals surface area contributed by atoms with Gasteiger partial charge in [-0.1, -0.05) is 0 Å². The van der Waals surface area contributed by atoms with Crippen LogP contribution in [0.3, 0.4) is 0 Å². The lowest BCUT2D eigenvalue weighted by molar-refractivity contribution is 0.103.